The molecule has 346 valence electrons. The van der Waals surface area contributed by atoms with Crippen LogP contribution in [0, 0.1) is 34.5 Å². The molecule has 4 aromatic carbocycles. The highest BCUT2D eigenvalue weighted by Gasteiger charge is 2.55. The Balaban J connectivity index is 0.598. The molecule has 0 saturated heterocycles. The third-order valence-corrected chi connectivity index (χ3v) is 18.9. The lowest BCUT2D eigenvalue weighted by Crippen LogP contribution is -2.43. The molecule has 4 saturated carbocycles. The molecule has 10 nitrogen and oxygen atoms in total. The summed E-state index contributed by atoms with van der Waals surface area (Å²) in [5, 5.41) is 39.4. The zero-order chi connectivity index (χ0) is 45.0. The highest BCUT2D eigenvalue weighted by Crippen LogP contribution is 2.62. The molecule has 7 aliphatic rings. The van der Waals surface area contributed by atoms with Gasteiger partial charge in [-0.3, -0.25) is 0 Å². The lowest BCUT2D eigenvalue weighted by molar-refractivity contribution is -0.0226. The third-order valence-electron chi connectivity index (χ3n) is 18.9. The van der Waals surface area contributed by atoms with Gasteiger partial charge >= 0.3 is 0 Å². The number of aromatic nitrogens is 6. The smallest absolute Gasteiger partial charge is 0.134 e. The van der Waals surface area contributed by atoms with Gasteiger partial charge in [0.1, 0.15) is 36.1 Å². The van der Waals surface area contributed by atoms with Crippen molar-refractivity contribution in [2.24, 2.45) is 34.5 Å². The van der Waals surface area contributed by atoms with Crippen molar-refractivity contribution in [3.8, 4) is 22.6 Å². The maximum absolute atomic E-state index is 10.8. The lowest BCUT2D eigenvalue weighted by Gasteiger charge is -2.50. The Labute approximate surface area is 394 Å². The second-order valence-corrected chi connectivity index (χ2v) is 22.4. The van der Waals surface area contributed by atoms with Gasteiger partial charge in [-0.15, -0.1) is 10.2 Å². The molecule has 6 aromatic rings. The second kappa shape index (κ2) is 16.2. The van der Waals surface area contributed by atoms with E-state index in [0.717, 1.165) is 67.8 Å². The Kier molecular flexibility index (Phi) is 10.1. The van der Waals surface area contributed by atoms with Gasteiger partial charge < -0.3 is 19.7 Å². The molecular weight excluding hydrogens is 833 g/mol. The molecule has 10 atom stereocenters. The fraction of sp³-hybridized carbons (Fsp3) is 0.509. The van der Waals surface area contributed by atoms with Crippen molar-refractivity contribution >= 4 is 0 Å². The minimum Gasteiger partial charge on any atom is -0.487 e. The highest BCUT2D eigenvalue weighted by molar-refractivity contribution is 5.77. The number of ether oxygens (including phenoxy) is 2. The molecule has 0 spiro atoms. The fourth-order valence-corrected chi connectivity index (χ4v) is 15.4. The summed E-state index contributed by atoms with van der Waals surface area (Å²) in [7, 11) is 0. The average molecular weight is 897 g/mol. The Morgan fingerprint density at radius 1 is 0.552 bits per heavy atom. The van der Waals surface area contributed by atoms with Crippen LogP contribution in [-0.4, -0.2) is 52.4 Å². The van der Waals surface area contributed by atoms with Gasteiger partial charge in [0.15, 0.2) is 0 Å². The molecule has 10 heteroatoms. The Morgan fingerprint density at radius 2 is 1.03 bits per heavy atom. The summed E-state index contributed by atoms with van der Waals surface area (Å²) in [4.78, 5) is 0. The first-order chi connectivity index (χ1) is 32.6. The molecular formula is C57H64N6O4. The Bertz CT molecular complexity index is 2680. The van der Waals surface area contributed by atoms with Crippen LogP contribution in [0.1, 0.15) is 146 Å². The van der Waals surface area contributed by atoms with Crippen molar-refractivity contribution < 1.29 is 19.7 Å². The summed E-state index contributed by atoms with van der Waals surface area (Å²) in [6.07, 6.45) is 18.2. The minimum absolute atomic E-state index is 0.108. The van der Waals surface area contributed by atoms with Gasteiger partial charge in [0.25, 0.3) is 0 Å². The molecule has 0 unspecified atom stereocenters. The molecule has 67 heavy (non-hydrogen) atoms. The number of hydrogen-bond donors (Lipinski definition) is 2. The van der Waals surface area contributed by atoms with Crippen LogP contribution in [-0.2, 0) is 45.6 Å². The van der Waals surface area contributed by atoms with Crippen LogP contribution in [0.2, 0.25) is 0 Å². The van der Waals surface area contributed by atoms with Gasteiger partial charge in [0.2, 0.25) is 0 Å². The first-order valence-electron chi connectivity index (χ1n) is 25.5. The minimum atomic E-state index is -0.129. The summed E-state index contributed by atoms with van der Waals surface area (Å²) in [5.41, 5.74) is 15.4. The Morgan fingerprint density at radius 3 is 1.51 bits per heavy atom. The van der Waals surface area contributed by atoms with Crippen LogP contribution in [0.5, 0.6) is 11.5 Å². The van der Waals surface area contributed by atoms with Crippen molar-refractivity contribution in [1.29, 1.82) is 0 Å². The topological polar surface area (TPSA) is 120 Å². The number of hydrogen-bond acceptors (Lipinski definition) is 8. The maximum atomic E-state index is 10.8. The van der Waals surface area contributed by atoms with Gasteiger partial charge in [-0.25, -0.2) is 9.36 Å². The second-order valence-electron chi connectivity index (χ2n) is 22.4. The van der Waals surface area contributed by atoms with Gasteiger partial charge in [0.05, 0.1) is 37.7 Å². The highest BCUT2D eigenvalue weighted by atomic mass is 16.5. The standard InChI is InChI=1S/C57H64N6O4/c1-56-21-19-48-44-13-7-42(26-36(44)5-11-50(48)52(56)15-17-54(56)64)66-32-40-30-62(60-58-40)28-34-3-9-46-38(23-34)25-39-24-35(4-10-47(39)46)29-63-31-41(59-61-63)33-67-43-8-14-45-37(27-43)6-12-51-49(45)20-22-57(2)53(51)16-18-55(57)65/h3-4,7-10,13-14,23-24,26-27,30-31,48-55,64-65H,5-6,11-12,15-22,25,28-29,32-33H2,1-2H3/t48-,49-,50-,51-,52+,53+,54+,55+,56+,57+/m1/s1. The molecule has 0 aliphatic heterocycles. The number of fused-ring (bicyclic) bond motifs is 13. The van der Waals surface area contributed by atoms with E-state index in [1.165, 1.54) is 94.2 Å². The molecule has 0 bridgehead atoms. The molecule has 13 rings (SSSR count). The molecule has 0 amide bonds. The largest absolute Gasteiger partial charge is 0.487 e. The van der Waals surface area contributed by atoms with Gasteiger partial charge in [-0.05, 0) is 210 Å². The summed E-state index contributed by atoms with van der Waals surface area (Å²) in [6, 6.07) is 27.0. The first-order valence-corrected chi connectivity index (χ1v) is 25.5. The molecule has 7 aliphatic carbocycles. The molecule has 2 N–H and O–H groups in total. The van der Waals surface area contributed by atoms with Crippen LogP contribution in [0.25, 0.3) is 11.1 Å². The predicted molar refractivity (Wildman–Crippen MR) is 256 cm³/mol. The van der Waals surface area contributed by atoms with Crippen molar-refractivity contribution in [3.05, 3.63) is 141 Å². The van der Waals surface area contributed by atoms with E-state index in [-0.39, 0.29) is 23.0 Å². The summed E-state index contributed by atoms with van der Waals surface area (Å²) < 4.78 is 16.4. The molecule has 4 fully saturated rings. The number of benzene rings is 4. The maximum Gasteiger partial charge on any atom is 0.134 e. The number of aliphatic hydroxyl groups is 2. The van der Waals surface area contributed by atoms with Gasteiger partial charge in [-0.2, -0.15) is 0 Å². The number of aryl methyl sites for hydroxylation is 2. The van der Waals surface area contributed by atoms with E-state index in [4.69, 9.17) is 9.47 Å². The first kappa shape index (κ1) is 41.8. The van der Waals surface area contributed by atoms with Crippen LogP contribution in [0.4, 0.5) is 0 Å². The zero-order valence-electron chi connectivity index (χ0n) is 39.1. The summed E-state index contributed by atoms with van der Waals surface area (Å²) in [5.74, 6) is 5.70. The summed E-state index contributed by atoms with van der Waals surface area (Å²) in [6.45, 7) is 6.77. The van der Waals surface area contributed by atoms with Crippen LogP contribution in [0.15, 0.2) is 85.2 Å². The normalized spacial score (nSPS) is 30.9. The van der Waals surface area contributed by atoms with Crippen LogP contribution in [0.3, 0.4) is 0 Å². The zero-order valence-corrected chi connectivity index (χ0v) is 39.1. The average Bonchev–Trinajstić information content (AvgIpc) is 4.18. The van der Waals surface area contributed by atoms with Crippen molar-refractivity contribution in [3.63, 3.8) is 0 Å². The van der Waals surface area contributed by atoms with E-state index >= 15 is 0 Å². The lowest BCUT2D eigenvalue weighted by atomic mass is 9.55. The molecule has 2 heterocycles. The van der Waals surface area contributed by atoms with Crippen molar-refractivity contribution in [2.75, 3.05) is 0 Å². The summed E-state index contributed by atoms with van der Waals surface area (Å²) >= 11 is 0. The number of nitrogens with zero attached hydrogens (tertiary/aromatic N) is 6. The van der Waals surface area contributed by atoms with E-state index in [1.807, 2.05) is 21.8 Å². The van der Waals surface area contributed by atoms with E-state index in [0.29, 0.717) is 61.8 Å². The van der Waals surface area contributed by atoms with E-state index in [9.17, 15) is 10.2 Å². The number of aliphatic hydroxyl groups excluding tert-OH is 2. The van der Waals surface area contributed by atoms with E-state index in [2.05, 4.69) is 107 Å². The van der Waals surface area contributed by atoms with Crippen LogP contribution >= 0.6 is 0 Å². The molecule has 0 radical (unpaired) electrons. The van der Waals surface area contributed by atoms with Crippen molar-refractivity contribution in [2.45, 2.75) is 148 Å². The third kappa shape index (κ3) is 7.17. The molecule has 2 aromatic heterocycles. The van der Waals surface area contributed by atoms with E-state index < -0.39 is 0 Å². The van der Waals surface area contributed by atoms with Crippen molar-refractivity contribution in [1.82, 2.24) is 30.0 Å². The van der Waals surface area contributed by atoms with Crippen LogP contribution < -0.4 is 9.47 Å². The predicted octanol–water partition coefficient (Wildman–Crippen LogP) is 10.1. The quantitative estimate of drug-likeness (QED) is 0.139. The van der Waals surface area contributed by atoms with Gasteiger partial charge in [-0.1, -0.05) is 72.8 Å². The fourth-order valence-electron chi connectivity index (χ4n) is 15.4. The SMILES string of the molecule is C[C@]12CC[C@@H]3c4ccc(OCc5cn(Cc6ccc7c(c6)Cc6cc(Cn8cc(COc9ccc%10c(c9)CC[C@@H]9[C@@H]%10CC[C@]%10(C)[C@@H](O)CC[C@@H]9%10)nn8)ccc6-7)nn5)cc4CC[C@H]3[C@@H]1CC[C@@H]2O. The monoisotopic (exact) mass is 896 g/mol. The Hall–Kier alpha value is -5.32. The van der Waals surface area contributed by atoms with E-state index in [1.54, 1.807) is 0 Å². The van der Waals surface area contributed by atoms with Gasteiger partial charge in [0, 0.05) is 0 Å². The number of rotatable bonds is 10.